The molecule has 6 aromatic carbocycles. The number of carbonyl (C=O) groups excluding carboxylic acids is 4. The first-order valence-electron chi connectivity index (χ1n) is 15.6. The molecule has 0 spiro atoms. The molecular weight excluding hydrogens is 710 g/mol. The molecule has 6 aromatic rings. The van der Waals surface area contributed by atoms with E-state index in [1.807, 2.05) is 12.1 Å². The smallest absolute Gasteiger partial charge is 0.496 e. The third kappa shape index (κ3) is 5.78. The molecule has 0 radical (unpaired) electrons. The van der Waals surface area contributed by atoms with Crippen molar-refractivity contribution in [2.24, 2.45) is 0 Å². The minimum Gasteiger partial charge on any atom is -0.496 e. The highest BCUT2D eigenvalue weighted by molar-refractivity contribution is 7.44. The van der Waals surface area contributed by atoms with Crippen LogP contribution in [0.1, 0.15) is 41.4 Å². The summed E-state index contributed by atoms with van der Waals surface area (Å²) in [4.78, 5) is 53.9. The Kier molecular flexibility index (Phi) is 8.55. The zero-order valence-corrected chi connectivity index (χ0v) is 29.0. The van der Waals surface area contributed by atoms with E-state index in [9.17, 15) is 19.2 Å². The number of fused-ring (bicyclic) bond motifs is 4. The van der Waals surface area contributed by atoms with Crippen molar-refractivity contribution < 1.29 is 55.8 Å². The van der Waals surface area contributed by atoms with Crippen molar-refractivity contribution in [3.05, 3.63) is 131 Å². The van der Waals surface area contributed by atoms with Crippen molar-refractivity contribution in [3.8, 4) is 34.1 Å². The summed E-state index contributed by atoms with van der Waals surface area (Å²) in [6.07, 6.45) is 0. The Morgan fingerprint density at radius 2 is 0.904 bits per heavy atom. The van der Waals surface area contributed by atoms with Gasteiger partial charge in [-0.05, 0) is 57.9 Å². The van der Waals surface area contributed by atoms with Crippen molar-refractivity contribution in [1.82, 2.24) is 0 Å². The van der Waals surface area contributed by atoms with E-state index in [2.05, 4.69) is 0 Å². The highest BCUT2D eigenvalue weighted by Crippen LogP contribution is 2.59. The second-order valence-electron chi connectivity index (χ2n) is 11.2. The van der Waals surface area contributed by atoms with Gasteiger partial charge in [0.25, 0.3) is 0 Å². The average molecular weight is 735 g/mol. The third-order valence-corrected chi connectivity index (χ3v) is 10.2. The van der Waals surface area contributed by atoms with E-state index in [0.29, 0.717) is 32.7 Å². The fourth-order valence-corrected chi connectivity index (χ4v) is 7.84. The van der Waals surface area contributed by atoms with Gasteiger partial charge >= 0.3 is 41.1 Å². The molecule has 258 valence electrons. The van der Waals surface area contributed by atoms with Gasteiger partial charge in [0.15, 0.2) is 11.5 Å². The quantitative estimate of drug-likeness (QED) is 0.145. The highest BCUT2D eigenvalue weighted by atomic mass is 31.2. The number of ether oxygens (including phenoxy) is 2. The van der Waals surface area contributed by atoms with Crippen molar-refractivity contribution >= 4 is 62.6 Å². The lowest BCUT2D eigenvalue weighted by atomic mass is 9.89. The van der Waals surface area contributed by atoms with Gasteiger partial charge in [-0.2, -0.15) is 0 Å². The molecule has 0 saturated heterocycles. The van der Waals surface area contributed by atoms with Crippen LogP contribution in [0.4, 0.5) is 0 Å². The molecule has 0 N–H and O–H groups in total. The Morgan fingerprint density at radius 1 is 0.519 bits per heavy atom. The first-order valence-corrected chi connectivity index (χ1v) is 17.8. The summed E-state index contributed by atoms with van der Waals surface area (Å²) in [7, 11) is -2.41. The van der Waals surface area contributed by atoms with Crippen LogP contribution in [0.2, 0.25) is 0 Å². The predicted molar refractivity (Wildman–Crippen MR) is 190 cm³/mol. The Balaban J connectivity index is 1.28. The summed E-state index contributed by atoms with van der Waals surface area (Å²) in [6.45, 7) is 0. The predicted octanol–water partition coefficient (Wildman–Crippen LogP) is 8.94. The number of rotatable bonds is 7. The fraction of sp³-hybridized carbons (Fsp3) is 0.0526. The molecule has 2 aliphatic rings. The number of methoxy groups -OCH3 is 2. The zero-order chi connectivity index (χ0) is 35.9. The highest BCUT2D eigenvalue weighted by Gasteiger charge is 2.41. The van der Waals surface area contributed by atoms with Crippen LogP contribution in [0.3, 0.4) is 0 Å². The minimum absolute atomic E-state index is 0.0327. The first-order chi connectivity index (χ1) is 25.3. The van der Waals surface area contributed by atoms with E-state index in [1.54, 1.807) is 84.9 Å². The first kappa shape index (κ1) is 33.0. The SMILES string of the molecule is COc1ccccc1C(=O)OP1OC(=O)c2cc3ccccc3c(-c3c4c(cc5ccccc35)C(=O)OP(OC(=O)c3ccccc3OC)O4)c2O1. The molecule has 0 amide bonds. The van der Waals surface area contributed by atoms with Crippen molar-refractivity contribution in [2.75, 3.05) is 14.2 Å². The summed E-state index contributed by atoms with van der Waals surface area (Å²) < 4.78 is 45.4. The molecule has 0 aromatic heterocycles. The zero-order valence-electron chi connectivity index (χ0n) is 27.2. The van der Waals surface area contributed by atoms with Crippen LogP contribution in [-0.4, -0.2) is 38.1 Å². The molecule has 0 saturated carbocycles. The van der Waals surface area contributed by atoms with Crippen LogP contribution >= 0.6 is 17.2 Å². The van der Waals surface area contributed by atoms with Crippen LogP contribution in [0.25, 0.3) is 32.7 Å². The Bertz CT molecular complexity index is 2290. The topological polar surface area (TPSA) is 142 Å². The van der Waals surface area contributed by atoms with E-state index >= 15 is 0 Å². The van der Waals surface area contributed by atoms with Crippen LogP contribution in [0.15, 0.2) is 109 Å². The minimum atomic E-state index is -2.62. The molecule has 0 aliphatic carbocycles. The van der Waals surface area contributed by atoms with E-state index in [-0.39, 0.29) is 45.3 Å². The maximum Gasteiger partial charge on any atom is 0.535 e. The fourth-order valence-electron chi connectivity index (χ4n) is 6.00. The number of benzene rings is 6. The Hall–Kier alpha value is -6.22. The van der Waals surface area contributed by atoms with Gasteiger partial charge in [-0.25, -0.2) is 19.2 Å². The number of hydrogen-bond acceptors (Lipinski definition) is 12. The summed E-state index contributed by atoms with van der Waals surface area (Å²) in [5.41, 5.74) is 0.987. The van der Waals surface area contributed by atoms with Crippen LogP contribution in [0, 0.1) is 0 Å². The number of para-hydroxylation sites is 2. The number of hydrogen-bond donors (Lipinski definition) is 0. The largest absolute Gasteiger partial charge is 0.535 e. The molecule has 2 aliphatic heterocycles. The maximum absolute atomic E-state index is 13.7. The molecule has 0 bridgehead atoms. The van der Waals surface area contributed by atoms with Gasteiger partial charge in [0.05, 0.1) is 14.2 Å². The Morgan fingerprint density at radius 3 is 1.33 bits per heavy atom. The van der Waals surface area contributed by atoms with Gasteiger partial charge in [-0.15, -0.1) is 0 Å². The standard InChI is InChI=1S/C38H24O12P2/c1-43-29-17-9-7-15-25(29)35(39)47-51-45-33-27(37(41)49-51)19-21-11-3-5-13-23(21)31(33)32-24-14-6-4-12-22(24)20-28-34(32)46-52(50-38(28)42)48-36(40)26-16-8-10-18-30(26)44-2/h3-20H,1-2H3. The van der Waals surface area contributed by atoms with Crippen molar-refractivity contribution in [3.63, 3.8) is 0 Å². The van der Waals surface area contributed by atoms with Gasteiger partial charge in [-0.3, -0.25) is 0 Å². The van der Waals surface area contributed by atoms with Crippen molar-refractivity contribution in [2.45, 2.75) is 0 Å². The summed E-state index contributed by atoms with van der Waals surface area (Å²) in [6, 6.07) is 30.5. The maximum atomic E-state index is 13.7. The van der Waals surface area contributed by atoms with Crippen LogP contribution in [-0.2, 0) is 18.1 Å². The summed E-state index contributed by atoms with van der Waals surface area (Å²) >= 11 is 0. The van der Waals surface area contributed by atoms with Gasteiger partial charge < -0.3 is 36.6 Å². The molecule has 2 atom stereocenters. The lowest BCUT2D eigenvalue weighted by Gasteiger charge is -2.28. The molecule has 52 heavy (non-hydrogen) atoms. The van der Waals surface area contributed by atoms with Crippen LogP contribution in [0.5, 0.6) is 23.0 Å². The van der Waals surface area contributed by atoms with Gasteiger partial charge in [-0.1, -0.05) is 72.8 Å². The molecular formula is C38H24O12P2. The van der Waals surface area contributed by atoms with E-state index in [4.69, 9.17) is 36.6 Å². The van der Waals surface area contributed by atoms with Gasteiger partial charge in [0, 0.05) is 11.1 Å². The third-order valence-electron chi connectivity index (χ3n) is 8.31. The molecule has 0 fully saturated rings. The average Bonchev–Trinajstić information content (AvgIpc) is 3.16. The molecule has 2 heterocycles. The lowest BCUT2D eigenvalue weighted by Crippen LogP contribution is -2.18. The monoisotopic (exact) mass is 734 g/mol. The molecule has 8 rings (SSSR count). The van der Waals surface area contributed by atoms with E-state index < -0.39 is 41.1 Å². The Labute approximate surface area is 297 Å². The second kappa shape index (κ2) is 13.5. The molecule has 12 nitrogen and oxygen atoms in total. The lowest BCUT2D eigenvalue weighted by molar-refractivity contribution is 0.0584. The molecule has 2 unspecified atom stereocenters. The normalized spacial score (nSPS) is 16.0. The van der Waals surface area contributed by atoms with E-state index in [1.165, 1.54) is 26.4 Å². The summed E-state index contributed by atoms with van der Waals surface area (Å²) in [5.74, 6) is -2.68. The van der Waals surface area contributed by atoms with E-state index in [0.717, 1.165) is 0 Å². The van der Waals surface area contributed by atoms with Gasteiger partial charge in [0.1, 0.15) is 33.8 Å². The van der Waals surface area contributed by atoms with Crippen LogP contribution < -0.4 is 18.5 Å². The molecule has 14 heteroatoms. The summed E-state index contributed by atoms with van der Waals surface area (Å²) in [5, 5.41) is 2.50. The number of carbonyl (C=O) groups is 4. The second-order valence-corrected chi connectivity index (χ2v) is 13.2. The van der Waals surface area contributed by atoms with Crippen molar-refractivity contribution in [1.29, 1.82) is 0 Å². The van der Waals surface area contributed by atoms with Gasteiger partial charge in [0.2, 0.25) is 0 Å².